The first-order valence-corrected chi connectivity index (χ1v) is 11.1. The lowest BCUT2D eigenvalue weighted by Crippen LogP contribution is -2.39. The summed E-state index contributed by atoms with van der Waals surface area (Å²) in [6.07, 6.45) is 3.72. The molecule has 0 spiro atoms. The van der Waals surface area contributed by atoms with Crippen molar-refractivity contribution in [1.29, 1.82) is 0 Å². The van der Waals surface area contributed by atoms with Crippen LogP contribution in [0.15, 0.2) is 48.5 Å². The Bertz CT molecular complexity index is 856. The van der Waals surface area contributed by atoms with Crippen molar-refractivity contribution >= 4 is 23.7 Å². The molecule has 0 aliphatic rings. The van der Waals surface area contributed by atoms with E-state index in [1.807, 2.05) is 30.3 Å². The molecule has 5 nitrogen and oxygen atoms in total. The second-order valence-electron chi connectivity index (χ2n) is 7.58. The smallest absolute Gasteiger partial charge is 0.410 e. The predicted molar refractivity (Wildman–Crippen MR) is 123 cm³/mol. The number of hydrogen-bond donors (Lipinski definition) is 0. The Labute approximate surface area is 190 Å². The molecule has 0 heterocycles. The van der Waals surface area contributed by atoms with Gasteiger partial charge in [0.2, 0.25) is 0 Å². The third kappa shape index (κ3) is 6.47. The predicted octanol–water partition coefficient (Wildman–Crippen LogP) is 6.50. The van der Waals surface area contributed by atoms with Crippen molar-refractivity contribution in [1.82, 2.24) is 4.90 Å². The number of carbonyl (C=O) groups is 2. The van der Waals surface area contributed by atoms with Gasteiger partial charge in [-0.15, -0.1) is 0 Å². The molecule has 0 radical (unpaired) electrons. The van der Waals surface area contributed by atoms with Crippen molar-refractivity contribution in [3.05, 3.63) is 70.2 Å². The average Bonchev–Trinajstić information content (AvgIpc) is 2.81. The first-order chi connectivity index (χ1) is 15.0. The quantitative estimate of drug-likeness (QED) is 0.391. The molecule has 0 aliphatic carbocycles. The van der Waals surface area contributed by atoms with Crippen LogP contribution < -0.4 is 0 Å². The minimum absolute atomic E-state index is 0.319. The lowest BCUT2D eigenvalue weighted by Gasteiger charge is -2.35. The van der Waals surface area contributed by atoms with Crippen LogP contribution in [0.25, 0.3) is 0 Å². The Morgan fingerprint density at radius 1 is 1.03 bits per heavy atom. The lowest BCUT2D eigenvalue weighted by atomic mass is 9.91. The van der Waals surface area contributed by atoms with E-state index in [0.717, 1.165) is 31.2 Å². The largest absolute Gasteiger partial charge is 0.465 e. The average molecular weight is 446 g/mol. The SMILES string of the molecule is CCCCC(CC)CN(C(=O)OC)C(c1ccccc1)c1ccc(Cl)cc1C(=O)OC. The van der Waals surface area contributed by atoms with Gasteiger partial charge in [0.15, 0.2) is 0 Å². The van der Waals surface area contributed by atoms with Gasteiger partial charge in [-0.1, -0.05) is 81.1 Å². The minimum atomic E-state index is -0.518. The minimum Gasteiger partial charge on any atom is -0.465 e. The maximum atomic E-state index is 13.0. The van der Waals surface area contributed by atoms with E-state index in [9.17, 15) is 9.59 Å². The molecule has 0 N–H and O–H groups in total. The Balaban J connectivity index is 2.64. The second-order valence-corrected chi connectivity index (χ2v) is 8.01. The number of unbranched alkanes of at least 4 members (excludes halogenated alkanes) is 1. The summed E-state index contributed by atoms with van der Waals surface area (Å²) in [7, 11) is 2.72. The monoisotopic (exact) mass is 445 g/mol. The summed E-state index contributed by atoms with van der Waals surface area (Å²) >= 11 is 6.19. The number of methoxy groups -OCH3 is 2. The number of ether oxygens (including phenoxy) is 2. The summed E-state index contributed by atoms with van der Waals surface area (Å²) in [5, 5.41) is 0.426. The molecule has 31 heavy (non-hydrogen) atoms. The molecule has 2 atom stereocenters. The standard InChI is InChI=1S/C25H32ClNO4/c1-5-7-11-18(6-2)17-27(25(29)31-4)23(19-12-9-8-10-13-19)21-15-14-20(26)16-22(21)24(28)30-3/h8-10,12-16,18,23H,5-7,11,17H2,1-4H3. The van der Waals surface area contributed by atoms with E-state index < -0.39 is 18.1 Å². The molecule has 6 heteroatoms. The highest BCUT2D eigenvalue weighted by Gasteiger charge is 2.32. The van der Waals surface area contributed by atoms with Crippen molar-refractivity contribution in [3.8, 4) is 0 Å². The van der Waals surface area contributed by atoms with E-state index in [1.54, 1.807) is 23.1 Å². The Hall–Kier alpha value is -2.53. The molecule has 2 aromatic rings. The summed E-state index contributed by atoms with van der Waals surface area (Å²) in [5.41, 5.74) is 1.86. The zero-order valence-electron chi connectivity index (χ0n) is 18.8. The first kappa shape index (κ1) is 24.7. The first-order valence-electron chi connectivity index (χ1n) is 10.7. The Kier molecular flexibility index (Phi) is 9.86. The molecule has 0 aliphatic heterocycles. The molecule has 168 valence electrons. The van der Waals surface area contributed by atoms with Gasteiger partial charge in [-0.25, -0.2) is 9.59 Å². The highest BCUT2D eigenvalue weighted by molar-refractivity contribution is 6.31. The number of carbonyl (C=O) groups excluding carboxylic acids is 2. The maximum absolute atomic E-state index is 13.0. The molecule has 2 aromatic carbocycles. The summed E-state index contributed by atoms with van der Waals surface area (Å²) in [6.45, 7) is 4.81. The van der Waals surface area contributed by atoms with E-state index in [0.29, 0.717) is 28.6 Å². The normalized spacial score (nSPS) is 12.7. The third-order valence-electron chi connectivity index (χ3n) is 5.55. The molecule has 0 aromatic heterocycles. The maximum Gasteiger partial charge on any atom is 0.410 e. The van der Waals surface area contributed by atoms with Crippen LogP contribution in [0.3, 0.4) is 0 Å². The van der Waals surface area contributed by atoms with Crippen molar-refractivity contribution in [2.75, 3.05) is 20.8 Å². The van der Waals surface area contributed by atoms with E-state index in [-0.39, 0.29) is 0 Å². The molecular formula is C25H32ClNO4. The van der Waals surface area contributed by atoms with Gasteiger partial charge in [0.25, 0.3) is 0 Å². The van der Waals surface area contributed by atoms with Crippen LogP contribution >= 0.6 is 11.6 Å². The van der Waals surface area contributed by atoms with Gasteiger partial charge in [-0.2, -0.15) is 0 Å². The number of esters is 1. The number of amides is 1. The second kappa shape index (κ2) is 12.4. The van der Waals surface area contributed by atoms with Gasteiger partial charge in [0.05, 0.1) is 25.8 Å². The topological polar surface area (TPSA) is 55.8 Å². The highest BCUT2D eigenvalue weighted by Crippen LogP contribution is 2.34. The molecule has 0 saturated carbocycles. The van der Waals surface area contributed by atoms with E-state index in [2.05, 4.69) is 13.8 Å². The molecule has 2 unspecified atom stereocenters. The van der Waals surface area contributed by atoms with Crippen LogP contribution in [-0.4, -0.2) is 37.7 Å². The van der Waals surface area contributed by atoms with Crippen molar-refractivity contribution in [3.63, 3.8) is 0 Å². The zero-order valence-corrected chi connectivity index (χ0v) is 19.5. The van der Waals surface area contributed by atoms with E-state index >= 15 is 0 Å². The zero-order chi connectivity index (χ0) is 22.8. The van der Waals surface area contributed by atoms with Crippen LogP contribution in [0.4, 0.5) is 4.79 Å². The third-order valence-corrected chi connectivity index (χ3v) is 5.78. The number of rotatable bonds is 10. The van der Waals surface area contributed by atoms with Gasteiger partial charge in [-0.3, -0.25) is 4.90 Å². The van der Waals surface area contributed by atoms with Gasteiger partial charge < -0.3 is 9.47 Å². The van der Waals surface area contributed by atoms with Crippen LogP contribution in [0.1, 0.15) is 67.1 Å². The number of halogens is 1. The molecule has 0 saturated heterocycles. The summed E-state index contributed by atoms with van der Waals surface area (Å²) in [6, 6.07) is 14.2. The summed E-state index contributed by atoms with van der Waals surface area (Å²) in [5.74, 6) is -0.180. The molecule has 2 rings (SSSR count). The fourth-order valence-electron chi connectivity index (χ4n) is 3.81. The number of nitrogens with zero attached hydrogens (tertiary/aromatic N) is 1. The summed E-state index contributed by atoms with van der Waals surface area (Å²) in [4.78, 5) is 27.3. The molecular weight excluding hydrogens is 414 g/mol. The van der Waals surface area contributed by atoms with Gasteiger partial charge >= 0.3 is 12.1 Å². The number of benzene rings is 2. The van der Waals surface area contributed by atoms with Gasteiger partial charge in [0.1, 0.15) is 0 Å². The van der Waals surface area contributed by atoms with Crippen LogP contribution in [0.5, 0.6) is 0 Å². The van der Waals surface area contributed by atoms with Crippen molar-refractivity contribution < 1.29 is 19.1 Å². The van der Waals surface area contributed by atoms with Gasteiger partial charge in [-0.05, 0) is 35.6 Å². The number of hydrogen-bond acceptors (Lipinski definition) is 4. The van der Waals surface area contributed by atoms with Crippen LogP contribution in [0, 0.1) is 5.92 Å². The summed E-state index contributed by atoms with van der Waals surface area (Å²) < 4.78 is 10.2. The molecule has 0 bridgehead atoms. The molecule has 1 amide bonds. The van der Waals surface area contributed by atoms with E-state index in [4.69, 9.17) is 21.1 Å². The Morgan fingerprint density at radius 2 is 1.74 bits per heavy atom. The fraction of sp³-hybridized carbons (Fsp3) is 0.440. The van der Waals surface area contributed by atoms with Crippen molar-refractivity contribution in [2.24, 2.45) is 5.92 Å². The Morgan fingerprint density at radius 3 is 2.32 bits per heavy atom. The van der Waals surface area contributed by atoms with Crippen LogP contribution in [0.2, 0.25) is 5.02 Å². The van der Waals surface area contributed by atoms with Crippen LogP contribution in [-0.2, 0) is 9.47 Å². The van der Waals surface area contributed by atoms with E-state index in [1.165, 1.54) is 14.2 Å². The highest BCUT2D eigenvalue weighted by atomic mass is 35.5. The van der Waals surface area contributed by atoms with Gasteiger partial charge in [0, 0.05) is 11.6 Å². The molecule has 0 fully saturated rings. The lowest BCUT2D eigenvalue weighted by molar-refractivity contribution is 0.0594. The van der Waals surface area contributed by atoms with Crippen molar-refractivity contribution in [2.45, 2.75) is 45.6 Å². The fourth-order valence-corrected chi connectivity index (χ4v) is 3.99.